The fourth-order valence-electron chi connectivity index (χ4n) is 7.91. The minimum absolute atomic E-state index is 0.00429. The van der Waals surface area contributed by atoms with E-state index >= 15 is 4.39 Å². The highest BCUT2D eigenvalue weighted by Gasteiger charge is 2.61. The average Bonchev–Trinajstić information content (AvgIpc) is 3.87. The average molecular weight is 702 g/mol. The van der Waals surface area contributed by atoms with Gasteiger partial charge in [0.15, 0.2) is 5.17 Å². The Labute approximate surface area is 286 Å². The van der Waals surface area contributed by atoms with Crippen molar-refractivity contribution >= 4 is 51.9 Å². The molecule has 2 spiro atoms. The van der Waals surface area contributed by atoms with E-state index in [0.29, 0.717) is 33.0 Å². The molecule has 2 saturated carbocycles. The van der Waals surface area contributed by atoms with Crippen LogP contribution >= 0.6 is 35.0 Å². The Balaban J connectivity index is 1.17. The van der Waals surface area contributed by atoms with E-state index in [1.165, 1.54) is 28.8 Å². The summed E-state index contributed by atoms with van der Waals surface area (Å²) in [6, 6.07) is 6.83. The van der Waals surface area contributed by atoms with Gasteiger partial charge in [0.05, 0.1) is 23.1 Å². The summed E-state index contributed by atoms with van der Waals surface area (Å²) in [6.07, 6.45) is 4.25. The first-order valence-electron chi connectivity index (χ1n) is 16.2. The SMILES string of the molecule is CC(C)C1=C(C(=O)N2C[C@H](F)C[C@H]2C(=O)N2CC3(CC3)NCC23CC3)SC2=N[C@@](C)(c3ccc(Cl)nc3)[C@@H](c3ccc(Cl)c(F)c3)N21. The van der Waals surface area contributed by atoms with Crippen molar-refractivity contribution in [2.24, 2.45) is 10.9 Å². The van der Waals surface area contributed by atoms with Crippen molar-refractivity contribution < 1.29 is 18.4 Å². The molecule has 1 N–H and O–H groups in total. The molecule has 8 rings (SSSR count). The predicted molar refractivity (Wildman–Crippen MR) is 178 cm³/mol. The molecule has 1 aromatic heterocycles. The molecule has 4 fully saturated rings. The van der Waals surface area contributed by atoms with Gasteiger partial charge in [-0.05, 0) is 74.0 Å². The summed E-state index contributed by atoms with van der Waals surface area (Å²) in [5.74, 6) is -1.23. The second-order valence-electron chi connectivity index (χ2n) is 14.4. The first-order chi connectivity index (χ1) is 22.3. The number of piperazine rings is 1. The van der Waals surface area contributed by atoms with E-state index in [9.17, 15) is 14.0 Å². The fraction of sp³-hybridized carbons (Fsp3) is 0.529. The van der Waals surface area contributed by atoms with Crippen LogP contribution in [0.15, 0.2) is 52.1 Å². The number of aliphatic imine (C=N–C) groups is 1. The van der Waals surface area contributed by atoms with E-state index < -0.39 is 29.6 Å². The van der Waals surface area contributed by atoms with E-state index in [4.69, 9.17) is 28.2 Å². The van der Waals surface area contributed by atoms with Crippen LogP contribution in [-0.4, -0.2) is 79.6 Å². The summed E-state index contributed by atoms with van der Waals surface area (Å²) in [4.78, 5) is 44.1. The number of carbonyl (C=O) groups is 2. The van der Waals surface area contributed by atoms with Crippen LogP contribution in [0, 0.1) is 11.7 Å². The molecule has 0 radical (unpaired) electrons. The van der Waals surface area contributed by atoms with E-state index in [2.05, 4.69) is 10.3 Å². The number of rotatable bonds is 5. The number of amidine groups is 1. The van der Waals surface area contributed by atoms with E-state index in [0.717, 1.165) is 37.8 Å². The van der Waals surface area contributed by atoms with Gasteiger partial charge in [0.2, 0.25) is 5.91 Å². The monoisotopic (exact) mass is 700 g/mol. The van der Waals surface area contributed by atoms with Crippen LogP contribution in [-0.2, 0) is 15.1 Å². The van der Waals surface area contributed by atoms with Gasteiger partial charge >= 0.3 is 0 Å². The van der Waals surface area contributed by atoms with Crippen LogP contribution in [0.2, 0.25) is 10.2 Å². The number of halogens is 4. The number of hydrogen-bond donors (Lipinski definition) is 1. The zero-order valence-electron chi connectivity index (χ0n) is 26.4. The van der Waals surface area contributed by atoms with Gasteiger partial charge in [0.1, 0.15) is 33.6 Å². The van der Waals surface area contributed by atoms with Crippen LogP contribution < -0.4 is 5.32 Å². The Kier molecular flexibility index (Phi) is 7.30. The molecular formula is C34H36Cl2F2N6O2S. The number of hydrogen-bond acceptors (Lipinski definition) is 7. The third-order valence-electron chi connectivity index (χ3n) is 10.9. The molecule has 248 valence electrons. The summed E-state index contributed by atoms with van der Waals surface area (Å²) in [6.45, 7) is 7.15. The number of pyridine rings is 1. The topological polar surface area (TPSA) is 81.1 Å². The molecule has 2 amide bonds. The van der Waals surface area contributed by atoms with Gasteiger partial charge in [-0.3, -0.25) is 9.59 Å². The van der Waals surface area contributed by atoms with Crippen LogP contribution in [0.25, 0.3) is 0 Å². The number of thioether (sulfide) groups is 1. The quantitative estimate of drug-likeness (QED) is 0.374. The number of benzene rings is 1. The molecule has 2 aromatic rings. The largest absolute Gasteiger partial charge is 0.332 e. The summed E-state index contributed by atoms with van der Waals surface area (Å²) >= 11 is 13.5. The minimum Gasteiger partial charge on any atom is -0.332 e. The lowest BCUT2D eigenvalue weighted by Gasteiger charge is -2.43. The molecule has 2 saturated heterocycles. The number of nitrogens with one attached hydrogen (secondary N) is 1. The van der Waals surface area contributed by atoms with Crippen molar-refractivity contribution in [2.45, 2.75) is 87.7 Å². The summed E-state index contributed by atoms with van der Waals surface area (Å²) in [5.41, 5.74) is 0.908. The third kappa shape index (κ3) is 5.01. The molecule has 8 nitrogen and oxygen atoms in total. The van der Waals surface area contributed by atoms with Gasteiger partial charge < -0.3 is 20.0 Å². The molecule has 0 bridgehead atoms. The zero-order chi connectivity index (χ0) is 33.0. The highest BCUT2D eigenvalue weighted by atomic mass is 35.5. The molecule has 13 heteroatoms. The number of nitrogens with zero attached hydrogens (tertiary/aromatic N) is 5. The number of allylic oxidation sites excluding steroid dienone is 1. The van der Waals surface area contributed by atoms with Gasteiger partial charge in [-0.1, -0.05) is 49.2 Å². The Hall–Kier alpha value is -2.73. The molecule has 1 aromatic carbocycles. The first-order valence-corrected chi connectivity index (χ1v) is 17.8. The van der Waals surface area contributed by atoms with Crippen molar-refractivity contribution in [3.8, 4) is 0 Å². The molecule has 4 atom stereocenters. The maximum Gasteiger partial charge on any atom is 0.263 e. The second kappa shape index (κ2) is 10.9. The summed E-state index contributed by atoms with van der Waals surface area (Å²) in [5, 5.41) is 4.57. The number of aromatic nitrogens is 1. The van der Waals surface area contributed by atoms with Crippen molar-refractivity contribution in [3.05, 3.63) is 74.3 Å². The van der Waals surface area contributed by atoms with Crippen molar-refractivity contribution in [1.29, 1.82) is 0 Å². The van der Waals surface area contributed by atoms with E-state index in [-0.39, 0.29) is 46.8 Å². The first kappa shape index (κ1) is 31.5. The maximum absolute atomic E-state index is 15.2. The molecule has 4 aliphatic heterocycles. The van der Waals surface area contributed by atoms with Crippen LogP contribution in [0.3, 0.4) is 0 Å². The van der Waals surface area contributed by atoms with Crippen molar-refractivity contribution in [2.75, 3.05) is 19.6 Å². The number of carbonyl (C=O) groups excluding carboxylic acids is 2. The number of alkyl halides is 1. The third-order valence-corrected chi connectivity index (χ3v) is 12.5. The van der Waals surface area contributed by atoms with Gasteiger partial charge in [-0.15, -0.1) is 0 Å². The number of amides is 2. The van der Waals surface area contributed by atoms with Crippen molar-refractivity contribution in [3.63, 3.8) is 0 Å². The van der Waals surface area contributed by atoms with E-state index in [1.54, 1.807) is 18.3 Å². The van der Waals surface area contributed by atoms with Crippen LogP contribution in [0.4, 0.5) is 8.78 Å². The van der Waals surface area contributed by atoms with Gasteiger partial charge in [0, 0.05) is 42.5 Å². The Bertz CT molecular complexity index is 1750. The van der Waals surface area contributed by atoms with Gasteiger partial charge in [0.25, 0.3) is 5.91 Å². The smallest absolute Gasteiger partial charge is 0.263 e. The molecule has 0 unspecified atom stereocenters. The number of likely N-dealkylation sites (tertiary alicyclic amines) is 1. The highest BCUT2D eigenvalue weighted by molar-refractivity contribution is 8.18. The fourth-order valence-corrected chi connectivity index (χ4v) is 9.50. The summed E-state index contributed by atoms with van der Waals surface area (Å²) < 4.78 is 30.2. The maximum atomic E-state index is 15.2. The molecule has 5 heterocycles. The Morgan fingerprint density at radius 1 is 1.13 bits per heavy atom. The number of fused-ring (bicyclic) bond motifs is 1. The molecule has 2 aliphatic carbocycles. The van der Waals surface area contributed by atoms with Gasteiger partial charge in [-0.25, -0.2) is 18.8 Å². The minimum atomic E-state index is -1.29. The zero-order valence-corrected chi connectivity index (χ0v) is 28.7. The second-order valence-corrected chi connectivity index (χ2v) is 16.2. The van der Waals surface area contributed by atoms with Crippen LogP contribution in [0.5, 0.6) is 0 Å². The summed E-state index contributed by atoms with van der Waals surface area (Å²) in [7, 11) is 0. The lowest BCUT2D eigenvalue weighted by Crippen LogP contribution is -2.64. The highest BCUT2D eigenvalue weighted by Crippen LogP contribution is 2.57. The molecule has 47 heavy (non-hydrogen) atoms. The predicted octanol–water partition coefficient (Wildman–Crippen LogP) is 6.21. The van der Waals surface area contributed by atoms with Crippen molar-refractivity contribution in [1.82, 2.24) is 25.0 Å². The standard InChI is InChI=1S/C34H36Cl2F2N6O2S/c1-18(2)26-27(30(46)42-15-21(37)13-24(42)29(45)43-17-33(8-9-33)40-16-34(43)10-11-34)47-31-41-32(3,20-5-7-25(36)39-14-20)28(44(26)31)19-4-6-22(35)23(38)12-19/h4-7,12,14,18,21,24,28,40H,8-11,13,15-17H2,1-3H3/t21-,24+,28-,32+/m1/s1. The normalized spacial score (nSPS) is 30.1. The Morgan fingerprint density at radius 3 is 2.53 bits per heavy atom. The van der Waals surface area contributed by atoms with Crippen LogP contribution in [0.1, 0.15) is 70.0 Å². The van der Waals surface area contributed by atoms with Gasteiger partial charge in [-0.2, -0.15) is 0 Å². The van der Waals surface area contributed by atoms with E-state index in [1.807, 2.05) is 36.6 Å². The molecular weight excluding hydrogens is 665 g/mol. The lowest BCUT2D eigenvalue weighted by molar-refractivity contribution is -0.146. The Morgan fingerprint density at radius 2 is 1.89 bits per heavy atom. The molecule has 6 aliphatic rings. The lowest BCUT2D eigenvalue weighted by atomic mass is 9.81.